The number of esters is 1. The summed E-state index contributed by atoms with van der Waals surface area (Å²) in [5.41, 5.74) is 4.35. The topological polar surface area (TPSA) is 93.5 Å². The maximum atomic E-state index is 12.7. The first kappa shape index (κ1) is 23.0. The molecule has 4 rings (SSSR count). The van der Waals surface area contributed by atoms with Crippen LogP contribution in [0.1, 0.15) is 59.4 Å². The van der Waals surface area contributed by atoms with Crippen LogP contribution in [0.15, 0.2) is 24.3 Å². The molecule has 176 valence electrons. The van der Waals surface area contributed by atoms with E-state index in [1.54, 1.807) is 12.1 Å². The molecule has 1 aromatic heterocycles. The van der Waals surface area contributed by atoms with Crippen LogP contribution >= 0.6 is 0 Å². The van der Waals surface area contributed by atoms with E-state index in [2.05, 4.69) is 10.4 Å². The van der Waals surface area contributed by atoms with Crippen molar-refractivity contribution in [3.8, 4) is 5.69 Å². The second-order valence-corrected chi connectivity index (χ2v) is 9.03. The van der Waals surface area contributed by atoms with Gasteiger partial charge in [-0.05, 0) is 75.8 Å². The fourth-order valence-corrected chi connectivity index (χ4v) is 4.47. The molecule has 1 aliphatic carbocycles. The van der Waals surface area contributed by atoms with E-state index in [1.807, 2.05) is 35.6 Å². The number of benzene rings is 1. The van der Waals surface area contributed by atoms with Crippen LogP contribution in [0, 0.1) is 19.8 Å². The molecule has 0 atom stereocenters. The Labute approximate surface area is 194 Å². The Kier molecular flexibility index (Phi) is 6.81. The van der Waals surface area contributed by atoms with Gasteiger partial charge in [0.2, 0.25) is 5.91 Å². The van der Waals surface area contributed by atoms with Crippen molar-refractivity contribution >= 4 is 17.8 Å². The van der Waals surface area contributed by atoms with Crippen molar-refractivity contribution in [1.82, 2.24) is 20.0 Å². The van der Waals surface area contributed by atoms with Gasteiger partial charge in [-0.1, -0.05) is 0 Å². The number of likely N-dealkylation sites (tertiary alicyclic amines) is 1. The zero-order valence-corrected chi connectivity index (χ0v) is 19.6. The van der Waals surface area contributed by atoms with Gasteiger partial charge in [-0.2, -0.15) is 5.10 Å². The van der Waals surface area contributed by atoms with E-state index in [1.165, 1.54) is 7.11 Å². The maximum absolute atomic E-state index is 12.7. The molecule has 1 saturated heterocycles. The number of nitrogens with zero attached hydrogens (tertiary/aromatic N) is 3. The molecule has 1 aromatic carbocycles. The summed E-state index contributed by atoms with van der Waals surface area (Å²) in [6.07, 6.45) is 4.53. The Morgan fingerprint density at radius 1 is 1.06 bits per heavy atom. The first-order valence-electron chi connectivity index (χ1n) is 11.7. The molecule has 1 aliphatic heterocycles. The zero-order chi connectivity index (χ0) is 23.5. The van der Waals surface area contributed by atoms with E-state index in [4.69, 9.17) is 4.74 Å². The lowest BCUT2D eigenvalue weighted by atomic mass is 10.0. The summed E-state index contributed by atoms with van der Waals surface area (Å²) >= 11 is 0. The van der Waals surface area contributed by atoms with Gasteiger partial charge < -0.3 is 15.0 Å². The van der Waals surface area contributed by atoms with Gasteiger partial charge in [0, 0.05) is 42.7 Å². The molecule has 2 aliphatic rings. The summed E-state index contributed by atoms with van der Waals surface area (Å²) < 4.78 is 6.58. The van der Waals surface area contributed by atoms with E-state index in [9.17, 15) is 14.4 Å². The third-order valence-corrected chi connectivity index (χ3v) is 6.69. The normalized spacial score (nSPS) is 16.5. The SMILES string of the molecule is COC(=O)CCc1c(C)nn(-c2ccc(C(=O)NC3CCN(C(=O)C4CC4)CC3)cc2)c1C. The number of piperidine rings is 1. The van der Waals surface area contributed by atoms with Gasteiger partial charge in [0.05, 0.1) is 18.5 Å². The van der Waals surface area contributed by atoms with Crippen LogP contribution in [0.3, 0.4) is 0 Å². The van der Waals surface area contributed by atoms with Crippen LogP contribution < -0.4 is 5.32 Å². The summed E-state index contributed by atoms with van der Waals surface area (Å²) in [6.45, 7) is 5.35. The van der Waals surface area contributed by atoms with Gasteiger partial charge in [-0.25, -0.2) is 4.68 Å². The highest BCUT2D eigenvalue weighted by Crippen LogP contribution is 2.32. The second kappa shape index (κ2) is 9.77. The van der Waals surface area contributed by atoms with Crippen LogP contribution in [0.4, 0.5) is 0 Å². The van der Waals surface area contributed by atoms with Gasteiger partial charge in [0.15, 0.2) is 0 Å². The largest absolute Gasteiger partial charge is 0.469 e. The van der Waals surface area contributed by atoms with Crippen molar-refractivity contribution in [3.05, 3.63) is 46.8 Å². The minimum Gasteiger partial charge on any atom is -0.469 e. The van der Waals surface area contributed by atoms with Crippen molar-refractivity contribution in [3.63, 3.8) is 0 Å². The number of aromatic nitrogens is 2. The van der Waals surface area contributed by atoms with Crippen LogP contribution in [0.25, 0.3) is 5.69 Å². The molecule has 0 unspecified atom stereocenters. The number of carbonyl (C=O) groups is 3. The minimum absolute atomic E-state index is 0.0915. The summed E-state index contributed by atoms with van der Waals surface area (Å²) in [5.74, 6) is 0.200. The van der Waals surface area contributed by atoms with Gasteiger partial charge in [-0.15, -0.1) is 0 Å². The molecular formula is C25H32N4O4. The predicted molar refractivity (Wildman–Crippen MR) is 123 cm³/mol. The monoisotopic (exact) mass is 452 g/mol. The molecule has 8 heteroatoms. The molecule has 2 aromatic rings. The number of ether oxygens (including phenoxy) is 1. The fraction of sp³-hybridized carbons (Fsp3) is 0.520. The smallest absolute Gasteiger partial charge is 0.305 e. The van der Waals surface area contributed by atoms with E-state index in [0.29, 0.717) is 18.4 Å². The Morgan fingerprint density at radius 3 is 2.33 bits per heavy atom. The van der Waals surface area contributed by atoms with Gasteiger partial charge in [0.25, 0.3) is 5.91 Å². The molecule has 1 saturated carbocycles. The Balaban J connectivity index is 1.35. The maximum Gasteiger partial charge on any atom is 0.305 e. The number of aryl methyl sites for hydroxylation is 1. The number of hydrogen-bond donors (Lipinski definition) is 1. The molecule has 1 N–H and O–H groups in total. The summed E-state index contributed by atoms with van der Waals surface area (Å²) in [4.78, 5) is 38.4. The number of carbonyl (C=O) groups excluding carboxylic acids is 3. The van der Waals surface area contributed by atoms with Crippen molar-refractivity contribution in [2.75, 3.05) is 20.2 Å². The summed E-state index contributed by atoms with van der Waals surface area (Å²) in [6, 6.07) is 7.47. The molecule has 8 nitrogen and oxygen atoms in total. The average Bonchev–Trinajstić information content (AvgIpc) is 3.64. The lowest BCUT2D eigenvalue weighted by molar-refractivity contribution is -0.140. The second-order valence-electron chi connectivity index (χ2n) is 9.03. The molecule has 2 heterocycles. The lowest BCUT2D eigenvalue weighted by Gasteiger charge is -2.32. The highest BCUT2D eigenvalue weighted by Gasteiger charge is 2.35. The molecule has 0 bridgehead atoms. The minimum atomic E-state index is -0.239. The Morgan fingerprint density at radius 2 is 1.73 bits per heavy atom. The summed E-state index contributed by atoms with van der Waals surface area (Å²) in [7, 11) is 1.39. The van der Waals surface area contributed by atoms with E-state index >= 15 is 0 Å². The lowest BCUT2D eigenvalue weighted by Crippen LogP contribution is -2.47. The first-order chi connectivity index (χ1) is 15.9. The standard InChI is InChI=1S/C25H32N4O4/c1-16-22(10-11-23(30)33-3)17(2)29(27-16)21-8-6-18(7-9-21)24(31)26-20-12-14-28(15-13-20)25(32)19-4-5-19/h6-9,19-20H,4-5,10-15H2,1-3H3,(H,26,31). The molecular weight excluding hydrogens is 420 g/mol. The highest BCUT2D eigenvalue weighted by molar-refractivity contribution is 5.94. The number of rotatable bonds is 7. The first-order valence-corrected chi connectivity index (χ1v) is 11.7. The number of nitrogens with one attached hydrogen (secondary N) is 1. The van der Waals surface area contributed by atoms with Crippen molar-refractivity contribution in [1.29, 1.82) is 0 Å². The third kappa shape index (κ3) is 5.26. The molecule has 33 heavy (non-hydrogen) atoms. The van der Waals surface area contributed by atoms with E-state index < -0.39 is 0 Å². The van der Waals surface area contributed by atoms with Gasteiger partial charge in [0.1, 0.15) is 0 Å². The predicted octanol–water partition coefficient (Wildman–Crippen LogP) is 2.73. The van der Waals surface area contributed by atoms with Crippen LogP contribution in [-0.4, -0.2) is 58.7 Å². The third-order valence-electron chi connectivity index (χ3n) is 6.69. The zero-order valence-electron chi connectivity index (χ0n) is 19.6. The van der Waals surface area contributed by atoms with Crippen LogP contribution in [0.5, 0.6) is 0 Å². The van der Waals surface area contributed by atoms with Crippen molar-refractivity contribution in [2.24, 2.45) is 5.92 Å². The van der Waals surface area contributed by atoms with Crippen molar-refractivity contribution < 1.29 is 19.1 Å². The number of hydrogen-bond acceptors (Lipinski definition) is 5. The summed E-state index contributed by atoms with van der Waals surface area (Å²) in [5, 5.41) is 7.74. The quantitative estimate of drug-likeness (QED) is 0.652. The highest BCUT2D eigenvalue weighted by atomic mass is 16.5. The van der Waals surface area contributed by atoms with Gasteiger partial charge >= 0.3 is 5.97 Å². The van der Waals surface area contributed by atoms with Gasteiger partial charge in [-0.3, -0.25) is 14.4 Å². The average molecular weight is 453 g/mol. The molecule has 2 amide bonds. The van der Waals surface area contributed by atoms with Crippen molar-refractivity contribution in [2.45, 2.75) is 58.4 Å². The van der Waals surface area contributed by atoms with Crippen LogP contribution in [0.2, 0.25) is 0 Å². The molecule has 0 spiro atoms. The van der Waals surface area contributed by atoms with E-state index in [-0.39, 0.29) is 29.7 Å². The Hall–Kier alpha value is -3.16. The molecule has 2 fully saturated rings. The fourth-order valence-electron chi connectivity index (χ4n) is 4.47. The molecule has 0 radical (unpaired) electrons. The van der Waals surface area contributed by atoms with Crippen LogP contribution in [-0.2, 0) is 20.7 Å². The number of methoxy groups -OCH3 is 1. The number of amides is 2. The Bertz CT molecular complexity index is 1030. The van der Waals surface area contributed by atoms with E-state index in [0.717, 1.165) is 61.4 Å².